The van der Waals surface area contributed by atoms with E-state index < -0.39 is 0 Å². The Bertz CT molecular complexity index is 886. The first-order valence-electron chi connectivity index (χ1n) is 6.37. The second kappa shape index (κ2) is 3.50. The highest BCUT2D eigenvalue weighted by Gasteiger charge is 2.07. The van der Waals surface area contributed by atoms with Crippen molar-refractivity contribution in [3.8, 4) is 0 Å². The summed E-state index contributed by atoms with van der Waals surface area (Å²) >= 11 is 0. The highest BCUT2D eigenvalue weighted by molar-refractivity contribution is 6.23. The molecule has 0 amide bonds. The standard InChI is InChI=1S/C16H10N2/c1-2-7-13-11(5-1)12-6-3-4-8-14(12)16-15(13)9-17-10-18-16/h1-10H/i9T. The van der Waals surface area contributed by atoms with Gasteiger partial charge in [-0.1, -0.05) is 48.5 Å². The second-order valence-electron chi connectivity index (χ2n) is 4.30. The Morgan fingerprint density at radius 1 is 0.722 bits per heavy atom. The summed E-state index contributed by atoms with van der Waals surface area (Å²) in [7, 11) is 0. The first-order chi connectivity index (χ1) is 9.36. The van der Waals surface area contributed by atoms with Crippen molar-refractivity contribution in [3.63, 3.8) is 0 Å². The largest absolute Gasteiger partial charge is 0.244 e. The number of fused-ring (bicyclic) bond motifs is 6. The number of benzene rings is 3. The topological polar surface area (TPSA) is 25.8 Å². The van der Waals surface area contributed by atoms with Crippen molar-refractivity contribution >= 4 is 32.4 Å². The van der Waals surface area contributed by atoms with Crippen molar-refractivity contribution in [3.05, 3.63) is 61.0 Å². The summed E-state index contributed by atoms with van der Waals surface area (Å²) in [4.78, 5) is 8.41. The molecule has 0 aliphatic heterocycles. The molecule has 0 atom stereocenters. The van der Waals surface area contributed by atoms with E-state index in [2.05, 4.69) is 28.2 Å². The van der Waals surface area contributed by atoms with Crippen LogP contribution < -0.4 is 0 Å². The quantitative estimate of drug-likeness (QED) is 0.429. The Morgan fingerprint density at radius 3 is 2.00 bits per heavy atom. The van der Waals surface area contributed by atoms with Crippen molar-refractivity contribution < 1.29 is 1.37 Å². The van der Waals surface area contributed by atoms with Gasteiger partial charge in [0.05, 0.1) is 6.89 Å². The van der Waals surface area contributed by atoms with Crippen LogP contribution in [0.2, 0.25) is 0 Å². The third kappa shape index (κ3) is 1.17. The Balaban J connectivity index is 2.48. The van der Waals surface area contributed by atoms with Crippen molar-refractivity contribution in [2.45, 2.75) is 0 Å². The zero-order chi connectivity index (χ0) is 12.8. The Labute approximate surface area is 105 Å². The van der Waals surface area contributed by atoms with Crippen LogP contribution in [0, 0.1) is 0 Å². The van der Waals surface area contributed by atoms with Gasteiger partial charge in [0.1, 0.15) is 6.33 Å². The zero-order valence-electron chi connectivity index (χ0n) is 10.6. The number of nitrogens with zero attached hydrogens (tertiary/aromatic N) is 2. The van der Waals surface area contributed by atoms with E-state index in [0.29, 0.717) is 0 Å². The van der Waals surface area contributed by atoms with E-state index in [1.165, 1.54) is 11.7 Å². The molecule has 0 fully saturated rings. The smallest absolute Gasteiger partial charge is 0.116 e. The predicted octanol–water partition coefficient (Wildman–Crippen LogP) is 3.94. The predicted molar refractivity (Wildman–Crippen MR) is 74.6 cm³/mol. The molecule has 18 heavy (non-hydrogen) atoms. The van der Waals surface area contributed by atoms with Crippen molar-refractivity contribution in [1.29, 1.82) is 0 Å². The van der Waals surface area contributed by atoms with Gasteiger partial charge in [-0.05, 0) is 16.2 Å². The third-order valence-electron chi connectivity index (χ3n) is 3.33. The molecule has 3 aromatic carbocycles. The number of hydrogen-bond donors (Lipinski definition) is 0. The van der Waals surface area contributed by atoms with Crippen molar-refractivity contribution in [2.24, 2.45) is 0 Å². The van der Waals surface area contributed by atoms with Gasteiger partial charge in [0, 0.05) is 16.9 Å². The van der Waals surface area contributed by atoms with Gasteiger partial charge in [0.15, 0.2) is 0 Å². The van der Waals surface area contributed by atoms with Crippen LogP contribution in [-0.2, 0) is 0 Å². The van der Waals surface area contributed by atoms with Crippen LogP contribution in [0.3, 0.4) is 0 Å². The molecule has 0 radical (unpaired) electrons. The van der Waals surface area contributed by atoms with Crippen LogP contribution in [-0.4, -0.2) is 9.97 Å². The Kier molecular flexibility index (Phi) is 1.67. The van der Waals surface area contributed by atoms with Gasteiger partial charge >= 0.3 is 0 Å². The van der Waals surface area contributed by atoms with Crippen LogP contribution in [0.4, 0.5) is 0 Å². The summed E-state index contributed by atoms with van der Waals surface area (Å²) in [5.74, 6) is 0. The number of hydrogen-bond acceptors (Lipinski definition) is 2. The maximum absolute atomic E-state index is 8.07. The molecule has 0 bridgehead atoms. The molecule has 1 heterocycles. The lowest BCUT2D eigenvalue weighted by Gasteiger charge is -2.08. The van der Waals surface area contributed by atoms with Gasteiger partial charge in [0.2, 0.25) is 0 Å². The molecule has 4 rings (SSSR count). The average Bonchev–Trinajstić information content (AvgIpc) is 2.47. The molecule has 4 aromatic rings. The van der Waals surface area contributed by atoms with E-state index in [9.17, 15) is 0 Å². The lowest BCUT2D eigenvalue weighted by Crippen LogP contribution is -1.86. The molecular weight excluding hydrogens is 220 g/mol. The third-order valence-corrected chi connectivity index (χ3v) is 3.33. The molecule has 0 saturated heterocycles. The molecule has 2 heteroatoms. The monoisotopic (exact) mass is 232 g/mol. The van der Waals surface area contributed by atoms with Gasteiger partial charge in [-0.2, -0.15) is 0 Å². The first-order valence-corrected chi connectivity index (χ1v) is 5.87. The summed E-state index contributed by atoms with van der Waals surface area (Å²) < 4.78 is 8.07. The second-order valence-corrected chi connectivity index (χ2v) is 4.30. The zero-order valence-corrected chi connectivity index (χ0v) is 9.59. The summed E-state index contributed by atoms with van der Waals surface area (Å²) in [6.07, 6.45) is 1.75. The maximum Gasteiger partial charge on any atom is 0.116 e. The SMILES string of the molecule is [3H]c1ncnc2c3ccccc3c3ccccc3c12. The molecule has 84 valence electrons. The van der Waals surface area contributed by atoms with Gasteiger partial charge < -0.3 is 0 Å². The fraction of sp³-hybridized carbons (Fsp3) is 0. The first kappa shape index (κ1) is 8.59. The molecule has 0 spiro atoms. The van der Waals surface area contributed by atoms with Crippen LogP contribution in [0.1, 0.15) is 1.37 Å². The molecule has 1 aromatic heterocycles. The van der Waals surface area contributed by atoms with Gasteiger partial charge in [0.25, 0.3) is 0 Å². The van der Waals surface area contributed by atoms with Gasteiger partial charge in [-0.15, -0.1) is 0 Å². The normalized spacial score (nSPS) is 12.1. The number of rotatable bonds is 0. The summed E-state index contributed by atoms with van der Waals surface area (Å²) in [5, 5.41) is 5.27. The van der Waals surface area contributed by atoms with Crippen LogP contribution in [0.15, 0.2) is 61.0 Å². The van der Waals surface area contributed by atoms with Crippen molar-refractivity contribution in [2.75, 3.05) is 0 Å². The summed E-state index contributed by atoms with van der Waals surface area (Å²) in [6, 6.07) is 16.3. The summed E-state index contributed by atoms with van der Waals surface area (Å²) in [5.41, 5.74) is 0.856. The average molecular weight is 232 g/mol. The van der Waals surface area contributed by atoms with E-state index in [1.807, 2.05) is 30.3 Å². The molecule has 0 N–H and O–H groups in total. The van der Waals surface area contributed by atoms with E-state index in [0.717, 1.165) is 27.1 Å². The molecule has 0 saturated carbocycles. The molecular formula is C16H10N2. The van der Waals surface area contributed by atoms with Gasteiger partial charge in [-0.25, -0.2) is 9.97 Å². The summed E-state index contributed by atoms with van der Waals surface area (Å²) in [6.45, 7) is 0. The van der Waals surface area contributed by atoms with Gasteiger partial charge in [-0.3, -0.25) is 0 Å². The van der Waals surface area contributed by atoms with E-state index >= 15 is 0 Å². The minimum Gasteiger partial charge on any atom is -0.244 e. The fourth-order valence-corrected chi connectivity index (χ4v) is 2.55. The molecule has 2 nitrogen and oxygen atoms in total. The lowest BCUT2D eigenvalue weighted by molar-refractivity contribution is 1.23. The molecule has 0 aliphatic carbocycles. The maximum atomic E-state index is 8.07. The Hall–Kier alpha value is -2.48. The highest BCUT2D eigenvalue weighted by Crippen LogP contribution is 2.32. The van der Waals surface area contributed by atoms with E-state index in [4.69, 9.17) is 1.37 Å². The van der Waals surface area contributed by atoms with E-state index in [-0.39, 0.29) is 6.17 Å². The Morgan fingerprint density at radius 2 is 1.28 bits per heavy atom. The molecule has 0 aliphatic rings. The minimum atomic E-state index is 0.284. The highest BCUT2D eigenvalue weighted by atomic mass is 14.8. The van der Waals surface area contributed by atoms with Crippen LogP contribution in [0.25, 0.3) is 32.4 Å². The van der Waals surface area contributed by atoms with Crippen LogP contribution >= 0.6 is 0 Å². The lowest BCUT2D eigenvalue weighted by atomic mass is 9.98. The fourth-order valence-electron chi connectivity index (χ4n) is 2.55. The van der Waals surface area contributed by atoms with E-state index in [1.54, 1.807) is 0 Å². The molecule has 0 unspecified atom stereocenters. The van der Waals surface area contributed by atoms with Crippen molar-refractivity contribution in [1.82, 2.24) is 9.97 Å². The van der Waals surface area contributed by atoms with Crippen LogP contribution in [0.5, 0.6) is 0 Å². The minimum absolute atomic E-state index is 0.284. The number of aromatic nitrogens is 2.